The van der Waals surface area contributed by atoms with Crippen LogP contribution in [0, 0.1) is 18.3 Å². The lowest BCUT2D eigenvalue weighted by atomic mass is 10.1. The maximum atomic E-state index is 13.2. The summed E-state index contributed by atoms with van der Waals surface area (Å²) < 4.78 is 27.9. The molecule has 0 radical (unpaired) electrons. The maximum absolute atomic E-state index is 13.2. The van der Waals surface area contributed by atoms with Crippen molar-refractivity contribution in [2.45, 2.75) is 24.8 Å². The first-order valence-corrected chi connectivity index (χ1v) is 10.8. The summed E-state index contributed by atoms with van der Waals surface area (Å²) in [7, 11) is -3.65. The lowest BCUT2D eigenvalue weighted by Gasteiger charge is -2.22. The Balaban J connectivity index is 1.87. The van der Waals surface area contributed by atoms with E-state index in [2.05, 4.69) is 0 Å². The highest BCUT2D eigenvalue weighted by molar-refractivity contribution is 7.89. The molecule has 27 heavy (non-hydrogen) atoms. The molecular weight excluding hydrogens is 376 g/mol. The van der Waals surface area contributed by atoms with E-state index >= 15 is 0 Å². The van der Waals surface area contributed by atoms with E-state index in [4.69, 9.17) is 5.26 Å². The van der Waals surface area contributed by atoms with E-state index in [-0.39, 0.29) is 4.90 Å². The van der Waals surface area contributed by atoms with Crippen molar-refractivity contribution in [3.63, 3.8) is 0 Å². The average Bonchev–Trinajstić information content (AvgIpc) is 3.10. The van der Waals surface area contributed by atoms with Gasteiger partial charge < -0.3 is 0 Å². The van der Waals surface area contributed by atoms with Gasteiger partial charge in [-0.3, -0.25) is 0 Å². The van der Waals surface area contributed by atoms with E-state index in [9.17, 15) is 8.42 Å². The van der Waals surface area contributed by atoms with Gasteiger partial charge >= 0.3 is 0 Å². The van der Waals surface area contributed by atoms with Crippen LogP contribution in [0.3, 0.4) is 0 Å². The normalized spacial score (nSPS) is 11.4. The number of hydrogen-bond donors (Lipinski definition) is 0. The minimum absolute atomic E-state index is 0.211. The second-order valence-corrected chi connectivity index (χ2v) is 9.53. The number of sulfonamides is 1. The zero-order chi connectivity index (χ0) is 19.3. The van der Waals surface area contributed by atoms with Crippen LogP contribution in [-0.4, -0.2) is 19.3 Å². The van der Waals surface area contributed by atoms with E-state index in [1.54, 1.807) is 11.3 Å². The van der Waals surface area contributed by atoms with Crippen molar-refractivity contribution in [1.82, 2.24) is 4.31 Å². The predicted octanol–water partition coefficient (Wildman–Crippen LogP) is 4.36. The summed E-state index contributed by atoms with van der Waals surface area (Å²) in [5.74, 6) is 0. The highest BCUT2D eigenvalue weighted by atomic mass is 32.2. The molecule has 4 nitrogen and oxygen atoms in total. The molecule has 0 fully saturated rings. The number of thiophene rings is 1. The van der Waals surface area contributed by atoms with Crippen molar-refractivity contribution in [1.29, 1.82) is 5.26 Å². The molecule has 0 aliphatic carbocycles. The second kappa shape index (κ2) is 8.49. The van der Waals surface area contributed by atoms with Crippen LogP contribution in [0.2, 0.25) is 0 Å². The Labute approximate surface area is 164 Å². The van der Waals surface area contributed by atoms with Crippen molar-refractivity contribution in [3.8, 4) is 6.07 Å². The van der Waals surface area contributed by atoms with Crippen LogP contribution in [-0.2, 0) is 23.0 Å². The molecular formula is C21H20N2O2S2. The van der Waals surface area contributed by atoms with Crippen LogP contribution in [0.5, 0.6) is 0 Å². The first-order chi connectivity index (χ1) is 13.0. The molecule has 2 aromatic carbocycles. The summed E-state index contributed by atoms with van der Waals surface area (Å²) in [6.45, 7) is 2.74. The van der Waals surface area contributed by atoms with E-state index in [0.29, 0.717) is 25.1 Å². The Morgan fingerprint density at radius 3 is 2.30 bits per heavy atom. The smallest absolute Gasteiger partial charge is 0.207 e. The molecule has 0 saturated heterocycles. The van der Waals surface area contributed by atoms with Gasteiger partial charge in [0.25, 0.3) is 0 Å². The number of nitriles is 1. The fourth-order valence-corrected chi connectivity index (χ4v) is 5.18. The molecule has 0 bridgehead atoms. The van der Waals surface area contributed by atoms with E-state index in [1.165, 1.54) is 28.6 Å². The number of benzene rings is 2. The predicted molar refractivity (Wildman–Crippen MR) is 108 cm³/mol. The molecule has 1 aromatic heterocycles. The van der Waals surface area contributed by atoms with Crippen molar-refractivity contribution >= 4 is 21.4 Å². The Hall–Kier alpha value is -2.46. The van der Waals surface area contributed by atoms with Crippen LogP contribution >= 0.6 is 11.3 Å². The van der Waals surface area contributed by atoms with E-state index < -0.39 is 10.0 Å². The van der Waals surface area contributed by atoms with Crippen LogP contribution in [0.4, 0.5) is 0 Å². The van der Waals surface area contributed by atoms with Crippen LogP contribution < -0.4 is 0 Å². The third-order valence-electron chi connectivity index (χ3n) is 4.24. The molecule has 0 amide bonds. The minimum atomic E-state index is -3.65. The van der Waals surface area contributed by atoms with Crippen molar-refractivity contribution in [3.05, 3.63) is 87.6 Å². The Morgan fingerprint density at radius 2 is 1.70 bits per heavy atom. The molecule has 0 unspecified atom stereocenters. The summed E-state index contributed by atoms with van der Waals surface area (Å²) in [5.41, 5.74) is 1.54. The van der Waals surface area contributed by atoms with E-state index in [1.807, 2.05) is 55.5 Å². The standard InChI is InChI=1S/C21H20N2O2S2/c1-17-7-10-20(26-17)16-23(14-13-18-5-3-2-4-6-18)27(24,25)21-11-8-19(15-22)9-12-21/h2-12H,13-14,16H2,1H3. The summed E-state index contributed by atoms with van der Waals surface area (Å²) in [5, 5.41) is 8.94. The van der Waals surface area contributed by atoms with Gasteiger partial charge in [-0.25, -0.2) is 8.42 Å². The molecule has 3 aromatic rings. The van der Waals surface area contributed by atoms with Gasteiger partial charge in [0.2, 0.25) is 10.0 Å². The Bertz CT molecular complexity index is 1030. The summed E-state index contributed by atoms with van der Waals surface area (Å²) in [6, 6.07) is 21.9. The van der Waals surface area contributed by atoms with Gasteiger partial charge in [0.05, 0.1) is 16.5 Å². The average molecular weight is 397 g/mol. The summed E-state index contributed by atoms with van der Waals surface area (Å²) in [4.78, 5) is 2.38. The third kappa shape index (κ3) is 4.83. The van der Waals surface area contributed by atoms with Crippen molar-refractivity contribution < 1.29 is 8.42 Å². The molecule has 0 aliphatic heterocycles. The molecule has 0 aliphatic rings. The van der Waals surface area contributed by atoms with Crippen molar-refractivity contribution in [2.75, 3.05) is 6.54 Å². The molecule has 1 heterocycles. The number of rotatable bonds is 7. The van der Waals surface area contributed by atoms with Gasteiger partial charge in [0.15, 0.2) is 0 Å². The molecule has 138 valence electrons. The van der Waals surface area contributed by atoms with Gasteiger partial charge in [-0.05, 0) is 55.3 Å². The van der Waals surface area contributed by atoms with Gasteiger partial charge in [-0.2, -0.15) is 9.57 Å². The van der Waals surface area contributed by atoms with Gasteiger partial charge in [-0.15, -0.1) is 11.3 Å². The number of hydrogen-bond acceptors (Lipinski definition) is 4. The van der Waals surface area contributed by atoms with Crippen LogP contribution in [0.1, 0.15) is 20.9 Å². The van der Waals surface area contributed by atoms with Crippen LogP contribution in [0.15, 0.2) is 71.6 Å². The molecule has 6 heteroatoms. The zero-order valence-electron chi connectivity index (χ0n) is 15.0. The molecule has 0 atom stereocenters. The lowest BCUT2D eigenvalue weighted by Crippen LogP contribution is -2.32. The molecule has 0 N–H and O–H groups in total. The summed E-state index contributed by atoms with van der Waals surface area (Å²) in [6.07, 6.45) is 0.640. The molecule has 0 spiro atoms. The Kier molecular flexibility index (Phi) is 6.07. The molecule has 0 saturated carbocycles. The van der Waals surface area contributed by atoms with Gasteiger partial charge in [0, 0.05) is 22.8 Å². The number of aryl methyl sites for hydroxylation is 1. The van der Waals surface area contributed by atoms with Gasteiger partial charge in [0.1, 0.15) is 0 Å². The lowest BCUT2D eigenvalue weighted by molar-refractivity contribution is 0.412. The van der Waals surface area contributed by atoms with Crippen LogP contribution in [0.25, 0.3) is 0 Å². The first kappa shape index (κ1) is 19.3. The zero-order valence-corrected chi connectivity index (χ0v) is 16.6. The monoisotopic (exact) mass is 396 g/mol. The van der Waals surface area contributed by atoms with Crippen molar-refractivity contribution in [2.24, 2.45) is 0 Å². The maximum Gasteiger partial charge on any atom is 0.243 e. The topological polar surface area (TPSA) is 61.2 Å². The number of nitrogens with zero attached hydrogens (tertiary/aromatic N) is 2. The van der Waals surface area contributed by atoms with Gasteiger partial charge in [-0.1, -0.05) is 30.3 Å². The fourth-order valence-electron chi connectivity index (χ4n) is 2.78. The first-order valence-electron chi connectivity index (χ1n) is 8.58. The summed E-state index contributed by atoms with van der Waals surface area (Å²) >= 11 is 1.61. The fraction of sp³-hybridized carbons (Fsp3) is 0.190. The second-order valence-electron chi connectivity index (χ2n) is 6.22. The largest absolute Gasteiger partial charge is 0.243 e. The highest BCUT2D eigenvalue weighted by Crippen LogP contribution is 2.23. The third-order valence-corrected chi connectivity index (χ3v) is 7.09. The van der Waals surface area contributed by atoms with E-state index in [0.717, 1.165) is 15.3 Å². The minimum Gasteiger partial charge on any atom is -0.207 e. The SMILES string of the molecule is Cc1ccc(CN(CCc2ccccc2)S(=O)(=O)c2ccc(C#N)cc2)s1. The molecule has 3 rings (SSSR count). The highest BCUT2D eigenvalue weighted by Gasteiger charge is 2.25. The quantitative estimate of drug-likeness (QED) is 0.596. The Morgan fingerprint density at radius 1 is 1.00 bits per heavy atom.